The topological polar surface area (TPSA) is 77.1 Å². The molecule has 1 unspecified atom stereocenters. The first-order valence-electron chi connectivity index (χ1n) is 10.6. The Morgan fingerprint density at radius 2 is 1.59 bits per heavy atom. The second kappa shape index (κ2) is 8.45. The van der Waals surface area contributed by atoms with E-state index >= 15 is 0 Å². The van der Waals surface area contributed by atoms with E-state index in [0.29, 0.717) is 32.8 Å². The summed E-state index contributed by atoms with van der Waals surface area (Å²) in [7, 11) is 0. The second-order valence-corrected chi connectivity index (χ2v) is 8.36. The van der Waals surface area contributed by atoms with Crippen molar-refractivity contribution in [3.05, 3.63) is 0 Å². The smallest absolute Gasteiger partial charge is 0.225 e. The molecule has 3 heterocycles. The minimum Gasteiger partial charge on any atom is -0.376 e. The Bertz CT molecular complexity index is 524. The number of carbonyl (C=O) groups is 2. The zero-order chi connectivity index (χ0) is 18.7. The van der Waals surface area contributed by atoms with Gasteiger partial charge < -0.3 is 24.4 Å². The fourth-order valence-electron chi connectivity index (χ4n) is 4.88. The van der Waals surface area contributed by atoms with Gasteiger partial charge in [0.15, 0.2) is 5.79 Å². The van der Waals surface area contributed by atoms with Crippen LogP contribution in [0.15, 0.2) is 0 Å². The summed E-state index contributed by atoms with van der Waals surface area (Å²) in [4.78, 5) is 27.2. The molecule has 1 N–H and O–H groups in total. The molecule has 1 aliphatic carbocycles. The number of nitrogens with zero attached hydrogens (tertiary/aromatic N) is 1. The van der Waals surface area contributed by atoms with E-state index in [4.69, 9.17) is 14.2 Å². The average Bonchev–Trinajstić information content (AvgIpc) is 3.39. The maximum Gasteiger partial charge on any atom is 0.225 e. The lowest BCUT2D eigenvalue weighted by atomic mass is 9.80. The third kappa shape index (κ3) is 4.46. The van der Waals surface area contributed by atoms with Gasteiger partial charge in [0.2, 0.25) is 11.8 Å². The predicted molar refractivity (Wildman–Crippen MR) is 97.9 cm³/mol. The maximum absolute atomic E-state index is 12.9. The van der Waals surface area contributed by atoms with E-state index in [1.807, 2.05) is 4.90 Å². The van der Waals surface area contributed by atoms with Crippen molar-refractivity contribution < 1.29 is 23.8 Å². The van der Waals surface area contributed by atoms with Gasteiger partial charge in [0.1, 0.15) is 0 Å². The molecule has 7 heteroatoms. The van der Waals surface area contributed by atoms with Gasteiger partial charge in [0, 0.05) is 50.9 Å². The SMILES string of the molecule is O=C(NCC1CCCO1)C1CCC(C(=O)N2CCC3(CC2)OCCO3)CC1. The molecule has 0 aromatic rings. The number of rotatable bonds is 4. The van der Waals surface area contributed by atoms with Crippen LogP contribution < -0.4 is 5.32 Å². The molecule has 1 atom stereocenters. The van der Waals surface area contributed by atoms with Crippen LogP contribution in [0.3, 0.4) is 0 Å². The van der Waals surface area contributed by atoms with Crippen molar-refractivity contribution in [2.24, 2.45) is 11.8 Å². The lowest BCUT2D eigenvalue weighted by Gasteiger charge is -2.39. The first-order chi connectivity index (χ1) is 13.2. The van der Waals surface area contributed by atoms with Crippen LogP contribution in [0.4, 0.5) is 0 Å². The summed E-state index contributed by atoms with van der Waals surface area (Å²) in [6, 6.07) is 0. The highest BCUT2D eigenvalue weighted by Gasteiger charge is 2.42. The van der Waals surface area contributed by atoms with Gasteiger partial charge >= 0.3 is 0 Å². The van der Waals surface area contributed by atoms with Gasteiger partial charge in [0.05, 0.1) is 19.3 Å². The summed E-state index contributed by atoms with van der Waals surface area (Å²) in [6.45, 7) is 4.17. The standard InChI is InChI=1S/C20H32N2O5/c23-18(21-14-17-2-1-11-25-17)15-3-5-16(6-4-15)19(24)22-9-7-20(8-10-22)26-12-13-27-20/h15-17H,1-14H2,(H,21,23). The van der Waals surface area contributed by atoms with Crippen molar-refractivity contribution >= 4 is 11.8 Å². The molecule has 1 saturated carbocycles. The van der Waals surface area contributed by atoms with Gasteiger partial charge in [-0.3, -0.25) is 9.59 Å². The number of hydrogen-bond donors (Lipinski definition) is 1. The number of nitrogens with one attached hydrogen (secondary N) is 1. The summed E-state index contributed by atoms with van der Waals surface area (Å²) in [6.07, 6.45) is 7.06. The van der Waals surface area contributed by atoms with Crippen molar-refractivity contribution in [2.75, 3.05) is 39.5 Å². The van der Waals surface area contributed by atoms with Crippen LogP contribution in [-0.4, -0.2) is 68.1 Å². The molecule has 0 radical (unpaired) electrons. The number of hydrogen-bond acceptors (Lipinski definition) is 5. The first kappa shape index (κ1) is 19.2. The Kier molecular flexibility index (Phi) is 5.99. The van der Waals surface area contributed by atoms with E-state index in [0.717, 1.165) is 58.0 Å². The monoisotopic (exact) mass is 380 g/mol. The Morgan fingerprint density at radius 3 is 2.22 bits per heavy atom. The van der Waals surface area contributed by atoms with Crippen molar-refractivity contribution in [3.8, 4) is 0 Å². The molecule has 0 bridgehead atoms. The zero-order valence-corrected chi connectivity index (χ0v) is 16.1. The zero-order valence-electron chi connectivity index (χ0n) is 16.1. The molecule has 152 valence electrons. The van der Waals surface area contributed by atoms with Crippen LogP contribution >= 0.6 is 0 Å². The van der Waals surface area contributed by atoms with Gasteiger partial charge in [0.25, 0.3) is 0 Å². The van der Waals surface area contributed by atoms with Crippen LogP contribution in [0.25, 0.3) is 0 Å². The fourth-order valence-corrected chi connectivity index (χ4v) is 4.88. The van der Waals surface area contributed by atoms with E-state index in [9.17, 15) is 9.59 Å². The van der Waals surface area contributed by atoms with Crippen molar-refractivity contribution in [3.63, 3.8) is 0 Å². The molecule has 4 fully saturated rings. The highest BCUT2D eigenvalue weighted by molar-refractivity contribution is 5.81. The van der Waals surface area contributed by atoms with Crippen LogP contribution in [-0.2, 0) is 23.8 Å². The molecule has 1 spiro atoms. The van der Waals surface area contributed by atoms with E-state index in [2.05, 4.69) is 5.32 Å². The summed E-state index contributed by atoms with van der Waals surface area (Å²) in [5.74, 6) is 0.0511. The van der Waals surface area contributed by atoms with E-state index in [-0.39, 0.29) is 29.8 Å². The number of likely N-dealkylation sites (tertiary alicyclic amines) is 1. The van der Waals surface area contributed by atoms with Crippen LogP contribution in [0.1, 0.15) is 51.4 Å². The second-order valence-electron chi connectivity index (χ2n) is 8.36. The summed E-state index contributed by atoms with van der Waals surface area (Å²) in [5, 5.41) is 3.04. The molecule has 2 amide bonds. The Balaban J connectivity index is 1.18. The quantitative estimate of drug-likeness (QED) is 0.799. The number of piperidine rings is 1. The van der Waals surface area contributed by atoms with E-state index < -0.39 is 5.79 Å². The molecule has 3 aliphatic heterocycles. The molecule has 0 aromatic heterocycles. The van der Waals surface area contributed by atoms with Crippen molar-refractivity contribution in [2.45, 2.75) is 63.3 Å². The third-order valence-corrected chi connectivity index (χ3v) is 6.63. The molecule has 0 aromatic carbocycles. The molecule has 4 rings (SSSR count). The molecule has 4 aliphatic rings. The number of carbonyl (C=O) groups excluding carboxylic acids is 2. The molecular formula is C20H32N2O5. The molecule has 3 saturated heterocycles. The highest BCUT2D eigenvalue weighted by Crippen LogP contribution is 2.34. The Morgan fingerprint density at radius 1 is 0.926 bits per heavy atom. The minimum atomic E-state index is -0.435. The third-order valence-electron chi connectivity index (χ3n) is 6.63. The maximum atomic E-state index is 12.9. The van der Waals surface area contributed by atoms with Crippen LogP contribution in [0.2, 0.25) is 0 Å². The Labute approximate surface area is 161 Å². The Hall–Kier alpha value is -1.18. The van der Waals surface area contributed by atoms with Gasteiger partial charge in [-0.2, -0.15) is 0 Å². The first-order valence-corrected chi connectivity index (χ1v) is 10.6. The predicted octanol–water partition coefficient (Wildman–Crippen LogP) is 1.45. The largest absolute Gasteiger partial charge is 0.376 e. The number of amides is 2. The van der Waals surface area contributed by atoms with Crippen molar-refractivity contribution in [1.29, 1.82) is 0 Å². The van der Waals surface area contributed by atoms with Gasteiger partial charge in [-0.05, 0) is 38.5 Å². The fraction of sp³-hybridized carbons (Fsp3) is 0.900. The van der Waals surface area contributed by atoms with Gasteiger partial charge in [-0.1, -0.05) is 0 Å². The molecule has 27 heavy (non-hydrogen) atoms. The van der Waals surface area contributed by atoms with Crippen LogP contribution in [0.5, 0.6) is 0 Å². The molecular weight excluding hydrogens is 348 g/mol. The summed E-state index contributed by atoms with van der Waals surface area (Å²) in [5.41, 5.74) is 0. The summed E-state index contributed by atoms with van der Waals surface area (Å²) < 4.78 is 17.0. The van der Waals surface area contributed by atoms with E-state index in [1.165, 1.54) is 0 Å². The summed E-state index contributed by atoms with van der Waals surface area (Å²) >= 11 is 0. The normalized spacial score (nSPS) is 33.3. The number of ether oxygens (including phenoxy) is 3. The van der Waals surface area contributed by atoms with Crippen LogP contribution in [0, 0.1) is 11.8 Å². The lowest BCUT2D eigenvalue weighted by molar-refractivity contribution is -0.188. The van der Waals surface area contributed by atoms with Crippen molar-refractivity contribution in [1.82, 2.24) is 10.2 Å². The molecule has 7 nitrogen and oxygen atoms in total. The van der Waals surface area contributed by atoms with E-state index in [1.54, 1.807) is 0 Å². The average molecular weight is 380 g/mol. The minimum absolute atomic E-state index is 0.0420. The highest BCUT2D eigenvalue weighted by atomic mass is 16.7. The van der Waals surface area contributed by atoms with Gasteiger partial charge in [-0.15, -0.1) is 0 Å². The lowest BCUT2D eigenvalue weighted by Crippen LogP contribution is -2.49. The van der Waals surface area contributed by atoms with Gasteiger partial charge in [-0.25, -0.2) is 0 Å².